The monoisotopic (exact) mass is 385 g/mol. The van der Waals surface area contributed by atoms with E-state index in [1.807, 2.05) is 55.1 Å². The molecule has 1 N–H and O–H groups in total. The minimum atomic E-state index is -0.130. The van der Waals surface area contributed by atoms with Gasteiger partial charge in [0.05, 0.1) is 0 Å². The summed E-state index contributed by atoms with van der Waals surface area (Å²) in [6.45, 7) is 5.74. The molecule has 3 amide bonds. The second-order valence-electron chi connectivity index (χ2n) is 7.01. The standard InChI is InChI=1S/C21H24ClN3O2/c1-15(2)23-20(26)17-5-3-6-19(13-17)25-12-4-11-24(21(25)27)14-16-7-9-18(22)10-8-16/h3,5-10,13,15H,4,11-12,14H2,1-2H3,(H,23,26). The minimum absolute atomic E-state index is 0.0439. The Morgan fingerprint density at radius 1 is 1.15 bits per heavy atom. The van der Waals surface area contributed by atoms with Crippen molar-refractivity contribution in [3.63, 3.8) is 0 Å². The van der Waals surface area contributed by atoms with Crippen LogP contribution in [0.1, 0.15) is 36.2 Å². The number of halogens is 1. The van der Waals surface area contributed by atoms with Gasteiger partial charge in [0.2, 0.25) is 0 Å². The van der Waals surface area contributed by atoms with Crippen molar-refractivity contribution in [2.24, 2.45) is 0 Å². The average molecular weight is 386 g/mol. The summed E-state index contributed by atoms with van der Waals surface area (Å²) in [6, 6.07) is 14.8. The zero-order valence-corrected chi connectivity index (χ0v) is 16.4. The Labute approximate surface area is 164 Å². The van der Waals surface area contributed by atoms with E-state index in [0.29, 0.717) is 30.2 Å². The highest BCUT2D eigenvalue weighted by Crippen LogP contribution is 2.23. The smallest absolute Gasteiger partial charge is 0.324 e. The Morgan fingerprint density at radius 2 is 1.89 bits per heavy atom. The molecule has 1 fully saturated rings. The summed E-state index contributed by atoms with van der Waals surface area (Å²) in [5.74, 6) is -0.130. The third-order valence-corrected chi connectivity index (χ3v) is 4.69. The minimum Gasteiger partial charge on any atom is -0.350 e. The first kappa shape index (κ1) is 19.2. The molecule has 3 rings (SSSR count). The molecule has 0 aromatic heterocycles. The van der Waals surface area contributed by atoms with Gasteiger partial charge < -0.3 is 10.2 Å². The molecule has 0 bridgehead atoms. The van der Waals surface area contributed by atoms with Gasteiger partial charge in [-0.05, 0) is 56.2 Å². The van der Waals surface area contributed by atoms with Crippen LogP contribution >= 0.6 is 11.6 Å². The summed E-state index contributed by atoms with van der Waals surface area (Å²) in [4.78, 5) is 28.8. The van der Waals surface area contributed by atoms with E-state index in [2.05, 4.69) is 5.32 Å². The molecular weight excluding hydrogens is 362 g/mol. The maximum absolute atomic E-state index is 13.0. The molecule has 1 saturated heterocycles. The molecule has 0 spiro atoms. The number of carbonyl (C=O) groups is 2. The maximum atomic E-state index is 13.0. The van der Waals surface area contributed by atoms with E-state index >= 15 is 0 Å². The average Bonchev–Trinajstić information content (AvgIpc) is 2.65. The number of rotatable bonds is 5. The van der Waals surface area contributed by atoms with Gasteiger partial charge in [0.15, 0.2) is 0 Å². The summed E-state index contributed by atoms with van der Waals surface area (Å²) >= 11 is 5.94. The molecule has 2 aromatic rings. The lowest BCUT2D eigenvalue weighted by molar-refractivity contribution is 0.0943. The van der Waals surface area contributed by atoms with E-state index in [9.17, 15) is 9.59 Å². The van der Waals surface area contributed by atoms with Crippen molar-refractivity contribution in [3.05, 3.63) is 64.7 Å². The lowest BCUT2D eigenvalue weighted by atomic mass is 10.1. The molecule has 27 heavy (non-hydrogen) atoms. The highest BCUT2D eigenvalue weighted by Gasteiger charge is 2.27. The van der Waals surface area contributed by atoms with Gasteiger partial charge in [-0.25, -0.2) is 4.79 Å². The summed E-state index contributed by atoms with van der Waals surface area (Å²) in [6.07, 6.45) is 0.877. The van der Waals surface area contributed by atoms with Crippen LogP contribution in [0.25, 0.3) is 0 Å². The summed E-state index contributed by atoms with van der Waals surface area (Å²) in [5.41, 5.74) is 2.35. The molecule has 0 aliphatic carbocycles. The number of nitrogens with one attached hydrogen (secondary N) is 1. The van der Waals surface area contributed by atoms with Crippen molar-refractivity contribution in [1.29, 1.82) is 0 Å². The van der Waals surface area contributed by atoms with Crippen molar-refractivity contribution in [2.75, 3.05) is 18.0 Å². The number of anilines is 1. The van der Waals surface area contributed by atoms with E-state index in [1.165, 1.54) is 0 Å². The number of urea groups is 1. The van der Waals surface area contributed by atoms with Gasteiger partial charge in [0.1, 0.15) is 0 Å². The molecule has 0 radical (unpaired) electrons. The quantitative estimate of drug-likeness (QED) is 0.833. The highest BCUT2D eigenvalue weighted by molar-refractivity contribution is 6.30. The topological polar surface area (TPSA) is 52.7 Å². The number of hydrogen-bond acceptors (Lipinski definition) is 2. The Morgan fingerprint density at radius 3 is 2.59 bits per heavy atom. The molecule has 6 heteroatoms. The fourth-order valence-electron chi connectivity index (χ4n) is 3.14. The van der Waals surface area contributed by atoms with Crippen molar-refractivity contribution in [2.45, 2.75) is 32.9 Å². The first-order chi connectivity index (χ1) is 12.9. The molecule has 1 aliphatic rings. The van der Waals surface area contributed by atoms with E-state index in [4.69, 9.17) is 11.6 Å². The van der Waals surface area contributed by atoms with Crippen LogP contribution in [0, 0.1) is 0 Å². The van der Waals surface area contributed by atoms with Gasteiger partial charge in [-0.15, -0.1) is 0 Å². The first-order valence-electron chi connectivity index (χ1n) is 9.16. The van der Waals surface area contributed by atoms with Crippen molar-refractivity contribution >= 4 is 29.2 Å². The first-order valence-corrected chi connectivity index (χ1v) is 9.53. The lowest BCUT2D eigenvalue weighted by Crippen LogP contribution is -2.49. The van der Waals surface area contributed by atoms with Crippen LogP contribution in [0.5, 0.6) is 0 Å². The summed E-state index contributed by atoms with van der Waals surface area (Å²) in [5, 5.41) is 3.57. The number of hydrogen-bond donors (Lipinski definition) is 1. The Hall–Kier alpha value is -2.53. The molecule has 0 saturated carbocycles. The van der Waals surface area contributed by atoms with Crippen LogP contribution in [0.3, 0.4) is 0 Å². The second-order valence-corrected chi connectivity index (χ2v) is 7.45. The Bertz CT molecular complexity index is 820. The summed E-state index contributed by atoms with van der Waals surface area (Å²) in [7, 11) is 0. The molecule has 1 aliphatic heterocycles. The number of nitrogens with zero attached hydrogens (tertiary/aromatic N) is 2. The van der Waals surface area contributed by atoms with Gasteiger partial charge in [-0.2, -0.15) is 0 Å². The third-order valence-electron chi connectivity index (χ3n) is 4.44. The van der Waals surface area contributed by atoms with E-state index in [0.717, 1.165) is 17.7 Å². The van der Waals surface area contributed by atoms with Crippen molar-refractivity contribution < 1.29 is 9.59 Å². The fourth-order valence-corrected chi connectivity index (χ4v) is 3.26. The highest BCUT2D eigenvalue weighted by atomic mass is 35.5. The van der Waals surface area contributed by atoms with Gasteiger partial charge in [-0.3, -0.25) is 9.69 Å². The number of carbonyl (C=O) groups excluding carboxylic acids is 2. The molecule has 2 aromatic carbocycles. The van der Waals surface area contributed by atoms with Crippen LogP contribution in [-0.4, -0.2) is 36.0 Å². The van der Waals surface area contributed by atoms with E-state index in [1.54, 1.807) is 17.0 Å². The molecule has 5 nitrogen and oxygen atoms in total. The third kappa shape index (κ3) is 4.80. The lowest BCUT2D eigenvalue weighted by Gasteiger charge is -2.36. The Balaban J connectivity index is 1.75. The molecule has 142 valence electrons. The number of benzene rings is 2. The zero-order valence-electron chi connectivity index (χ0n) is 15.6. The van der Waals surface area contributed by atoms with Crippen LogP contribution in [0.15, 0.2) is 48.5 Å². The van der Waals surface area contributed by atoms with Crippen LogP contribution in [0.4, 0.5) is 10.5 Å². The van der Waals surface area contributed by atoms with Gasteiger partial charge in [-0.1, -0.05) is 29.8 Å². The fraction of sp³-hybridized carbons (Fsp3) is 0.333. The van der Waals surface area contributed by atoms with E-state index < -0.39 is 0 Å². The van der Waals surface area contributed by atoms with Crippen LogP contribution in [-0.2, 0) is 6.54 Å². The SMILES string of the molecule is CC(C)NC(=O)c1cccc(N2CCCN(Cc3ccc(Cl)cc3)C2=O)c1. The number of amides is 3. The normalized spacial score (nSPS) is 14.6. The predicted octanol–water partition coefficient (Wildman–Crippen LogP) is 4.31. The van der Waals surface area contributed by atoms with Crippen LogP contribution < -0.4 is 10.2 Å². The maximum Gasteiger partial charge on any atom is 0.324 e. The second kappa shape index (κ2) is 8.44. The molecule has 0 atom stereocenters. The molecular formula is C21H24ClN3O2. The molecule has 1 heterocycles. The molecule has 0 unspecified atom stereocenters. The van der Waals surface area contributed by atoms with Gasteiger partial charge in [0, 0.05) is 41.9 Å². The van der Waals surface area contributed by atoms with Crippen LogP contribution in [0.2, 0.25) is 5.02 Å². The zero-order chi connectivity index (χ0) is 19.4. The van der Waals surface area contributed by atoms with Crippen molar-refractivity contribution in [3.8, 4) is 0 Å². The Kier molecular flexibility index (Phi) is 6.01. The van der Waals surface area contributed by atoms with Crippen molar-refractivity contribution in [1.82, 2.24) is 10.2 Å². The summed E-state index contributed by atoms with van der Waals surface area (Å²) < 4.78 is 0. The largest absolute Gasteiger partial charge is 0.350 e. The predicted molar refractivity (Wildman–Crippen MR) is 108 cm³/mol. The van der Waals surface area contributed by atoms with Gasteiger partial charge in [0.25, 0.3) is 5.91 Å². The van der Waals surface area contributed by atoms with Gasteiger partial charge >= 0.3 is 6.03 Å². The van der Waals surface area contributed by atoms with E-state index in [-0.39, 0.29) is 18.0 Å².